The number of ether oxygens (including phenoxy) is 1. The van der Waals surface area contributed by atoms with Crippen LogP contribution in [0.1, 0.15) is 11.1 Å². The topological polar surface area (TPSA) is 75.6 Å². The van der Waals surface area contributed by atoms with E-state index in [1.54, 1.807) is 48.5 Å². The maximum Gasteiger partial charge on any atom is 0.341 e. The Balaban J connectivity index is 2.01. The van der Waals surface area contributed by atoms with Crippen LogP contribution in [0.5, 0.6) is 5.75 Å². The van der Waals surface area contributed by atoms with E-state index in [4.69, 9.17) is 21.4 Å². The minimum absolute atomic E-state index is 0.240. The van der Waals surface area contributed by atoms with E-state index in [9.17, 15) is 9.59 Å². The lowest BCUT2D eigenvalue weighted by atomic mass is 10.0. The van der Waals surface area contributed by atoms with E-state index in [0.717, 1.165) is 0 Å². The molecule has 1 amide bonds. The Bertz CT molecular complexity index is 829. The number of hydrogen-bond donors (Lipinski definition) is 2. The van der Waals surface area contributed by atoms with Crippen molar-refractivity contribution in [3.05, 3.63) is 58.6 Å². The maximum absolute atomic E-state index is 12.2. The first-order chi connectivity index (χ1) is 11.0. The molecule has 3 rings (SSSR count). The quantitative estimate of drug-likeness (QED) is 0.844. The molecule has 0 fully saturated rings. The molecule has 0 saturated heterocycles. The molecule has 23 heavy (non-hydrogen) atoms. The number of nitrogens with one attached hydrogen (secondary N) is 1. The van der Waals surface area contributed by atoms with Gasteiger partial charge in [0.1, 0.15) is 5.75 Å². The third-order valence-corrected chi connectivity index (χ3v) is 3.57. The Morgan fingerprint density at radius 3 is 2.83 bits per heavy atom. The van der Waals surface area contributed by atoms with Crippen molar-refractivity contribution in [2.75, 3.05) is 11.9 Å². The Labute approximate surface area is 137 Å². The summed E-state index contributed by atoms with van der Waals surface area (Å²) in [6.45, 7) is -0.450. The zero-order valence-electron chi connectivity index (χ0n) is 11.9. The number of carbonyl (C=O) groups excluding carboxylic acids is 1. The molecule has 1 heterocycles. The van der Waals surface area contributed by atoms with Gasteiger partial charge in [-0.15, -0.1) is 0 Å². The average Bonchev–Trinajstić information content (AvgIpc) is 2.82. The smallest absolute Gasteiger partial charge is 0.341 e. The second-order valence-electron chi connectivity index (χ2n) is 4.92. The largest absolute Gasteiger partial charge is 0.481 e. The number of rotatable bonds is 4. The van der Waals surface area contributed by atoms with Crippen molar-refractivity contribution in [3.63, 3.8) is 0 Å². The molecule has 1 aliphatic rings. The van der Waals surface area contributed by atoms with Gasteiger partial charge in [0, 0.05) is 27.4 Å². The van der Waals surface area contributed by atoms with Crippen LogP contribution in [0, 0.1) is 0 Å². The number of fused-ring (bicyclic) bond motifs is 1. The molecular weight excluding hydrogens is 318 g/mol. The first kappa shape index (κ1) is 15.1. The highest BCUT2D eigenvalue weighted by Crippen LogP contribution is 2.36. The summed E-state index contributed by atoms with van der Waals surface area (Å²) in [4.78, 5) is 22.8. The van der Waals surface area contributed by atoms with Crippen molar-refractivity contribution < 1.29 is 19.4 Å². The van der Waals surface area contributed by atoms with Gasteiger partial charge in [0.2, 0.25) is 0 Å². The van der Waals surface area contributed by atoms with Crippen LogP contribution < -0.4 is 10.1 Å². The van der Waals surface area contributed by atoms with Crippen LogP contribution in [0.2, 0.25) is 5.02 Å². The van der Waals surface area contributed by atoms with Gasteiger partial charge in [-0.05, 0) is 30.3 Å². The monoisotopic (exact) mass is 329 g/mol. The molecule has 2 aromatic rings. The van der Waals surface area contributed by atoms with Gasteiger partial charge in [0.25, 0.3) is 5.91 Å². The SMILES string of the molecule is O=C(O)COc1ccccc1/C=C1\C(=O)Nc2ccc(Cl)cc21. The second-order valence-corrected chi connectivity index (χ2v) is 5.36. The van der Waals surface area contributed by atoms with Gasteiger partial charge in [0.05, 0.1) is 0 Å². The number of anilines is 1. The molecule has 0 unspecified atom stereocenters. The fraction of sp³-hybridized carbons (Fsp3) is 0.0588. The van der Waals surface area contributed by atoms with Crippen LogP contribution in [0.4, 0.5) is 5.69 Å². The average molecular weight is 330 g/mol. The molecule has 0 radical (unpaired) electrons. The van der Waals surface area contributed by atoms with Crippen molar-refractivity contribution in [2.45, 2.75) is 0 Å². The van der Waals surface area contributed by atoms with E-state index in [0.29, 0.717) is 33.2 Å². The highest BCUT2D eigenvalue weighted by Gasteiger charge is 2.24. The number of carboxylic acids is 1. The van der Waals surface area contributed by atoms with Crippen LogP contribution in [0.25, 0.3) is 11.6 Å². The Morgan fingerprint density at radius 2 is 2.04 bits per heavy atom. The van der Waals surface area contributed by atoms with E-state index >= 15 is 0 Å². The number of halogens is 1. The summed E-state index contributed by atoms with van der Waals surface area (Å²) in [7, 11) is 0. The first-order valence-corrected chi connectivity index (χ1v) is 7.19. The summed E-state index contributed by atoms with van der Waals surface area (Å²) in [6.07, 6.45) is 1.66. The number of carboxylic acid groups (broad SMARTS) is 1. The lowest BCUT2D eigenvalue weighted by Crippen LogP contribution is -2.10. The van der Waals surface area contributed by atoms with Crippen LogP contribution >= 0.6 is 11.6 Å². The van der Waals surface area contributed by atoms with Gasteiger partial charge in [-0.3, -0.25) is 4.79 Å². The molecule has 0 aliphatic carbocycles. The zero-order valence-corrected chi connectivity index (χ0v) is 12.6. The van der Waals surface area contributed by atoms with E-state index in [2.05, 4.69) is 5.32 Å². The number of carbonyl (C=O) groups is 2. The standard InChI is InChI=1S/C17H12ClNO4/c18-11-5-6-14-12(8-11)13(17(22)19-14)7-10-3-1-2-4-15(10)23-9-16(20)21/h1-8H,9H2,(H,19,22)(H,20,21)/b13-7-. The van der Waals surface area contributed by atoms with Crippen molar-refractivity contribution >= 4 is 40.8 Å². The summed E-state index contributed by atoms with van der Waals surface area (Å²) in [6, 6.07) is 12.1. The molecular formula is C17H12ClNO4. The highest BCUT2D eigenvalue weighted by atomic mass is 35.5. The van der Waals surface area contributed by atoms with Crippen molar-refractivity contribution in [2.24, 2.45) is 0 Å². The third-order valence-electron chi connectivity index (χ3n) is 3.33. The van der Waals surface area contributed by atoms with E-state index < -0.39 is 12.6 Å². The number of para-hydroxylation sites is 1. The number of hydrogen-bond acceptors (Lipinski definition) is 3. The molecule has 1 aliphatic heterocycles. The maximum atomic E-state index is 12.2. The Kier molecular flexibility index (Phi) is 4.04. The predicted octanol–water partition coefficient (Wildman–Crippen LogP) is 3.30. The third kappa shape index (κ3) is 3.19. The molecule has 6 heteroatoms. The van der Waals surface area contributed by atoms with Gasteiger partial charge < -0.3 is 15.2 Å². The predicted molar refractivity (Wildman–Crippen MR) is 87.5 cm³/mol. The molecule has 5 nitrogen and oxygen atoms in total. The Morgan fingerprint density at radius 1 is 1.26 bits per heavy atom. The fourth-order valence-corrected chi connectivity index (χ4v) is 2.50. The number of aliphatic carboxylic acids is 1. The lowest BCUT2D eigenvalue weighted by Gasteiger charge is -2.07. The van der Waals surface area contributed by atoms with Gasteiger partial charge in [-0.25, -0.2) is 4.79 Å². The number of amides is 1. The van der Waals surface area contributed by atoms with Gasteiger partial charge in [-0.2, -0.15) is 0 Å². The molecule has 0 saturated carbocycles. The first-order valence-electron chi connectivity index (χ1n) is 6.81. The summed E-state index contributed by atoms with van der Waals surface area (Å²) in [5.41, 5.74) is 2.46. The van der Waals surface area contributed by atoms with E-state index in [-0.39, 0.29) is 5.91 Å². The summed E-state index contributed by atoms with van der Waals surface area (Å²) < 4.78 is 5.25. The lowest BCUT2D eigenvalue weighted by molar-refractivity contribution is -0.139. The fourth-order valence-electron chi connectivity index (χ4n) is 2.33. The van der Waals surface area contributed by atoms with Crippen LogP contribution in [-0.4, -0.2) is 23.6 Å². The van der Waals surface area contributed by atoms with Crippen molar-refractivity contribution in [1.29, 1.82) is 0 Å². The molecule has 0 bridgehead atoms. The summed E-state index contributed by atoms with van der Waals surface area (Å²) in [5, 5.41) is 12.0. The molecule has 2 aromatic carbocycles. The van der Waals surface area contributed by atoms with Crippen LogP contribution in [0.15, 0.2) is 42.5 Å². The minimum atomic E-state index is -1.07. The molecule has 2 N–H and O–H groups in total. The van der Waals surface area contributed by atoms with Gasteiger partial charge in [-0.1, -0.05) is 29.8 Å². The normalized spacial score (nSPS) is 14.5. The van der Waals surface area contributed by atoms with E-state index in [1.165, 1.54) is 0 Å². The summed E-state index contributed by atoms with van der Waals surface area (Å²) in [5.74, 6) is -0.913. The molecule has 0 atom stereocenters. The van der Waals surface area contributed by atoms with Crippen LogP contribution in [-0.2, 0) is 9.59 Å². The Hall–Kier alpha value is -2.79. The number of benzene rings is 2. The molecule has 116 valence electrons. The molecule has 0 spiro atoms. The van der Waals surface area contributed by atoms with E-state index in [1.807, 2.05) is 0 Å². The molecule has 0 aromatic heterocycles. The van der Waals surface area contributed by atoms with Crippen molar-refractivity contribution in [1.82, 2.24) is 0 Å². The second kappa shape index (κ2) is 6.14. The minimum Gasteiger partial charge on any atom is -0.481 e. The highest BCUT2D eigenvalue weighted by molar-refractivity contribution is 6.36. The zero-order chi connectivity index (χ0) is 16.4. The van der Waals surface area contributed by atoms with Gasteiger partial charge in [0.15, 0.2) is 6.61 Å². The van der Waals surface area contributed by atoms with Crippen LogP contribution in [0.3, 0.4) is 0 Å². The summed E-state index contributed by atoms with van der Waals surface area (Å²) >= 11 is 6.00. The van der Waals surface area contributed by atoms with Gasteiger partial charge >= 0.3 is 5.97 Å². The van der Waals surface area contributed by atoms with Crippen molar-refractivity contribution in [3.8, 4) is 5.75 Å².